The van der Waals surface area contributed by atoms with Crippen LogP contribution in [0.1, 0.15) is 30.0 Å². The molecule has 0 fully saturated rings. The largest absolute Gasteiger partial charge is 0.467 e. The number of hydrogen-bond acceptors (Lipinski definition) is 8. The van der Waals surface area contributed by atoms with Gasteiger partial charge in [0.1, 0.15) is 11.6 Å². The number of amides is 2. The number of fused-ring (bicyclic) bond motifs is 1. The van der Waals surface area contributed by atoms with Crippen molar-refractivity contribution in [1.29, 1.82) is 0 Å². The van der Waals surface area contributed by atoms with Crippen LogP contribution in [0.5, 0.6) is 0 Å². The second kappa shape index (κ2) is 9.86. The Kier molecular flexibility index (Phi) is 6.73. The van der Waals surface area contributed by atoms with E-state index in [1.54, 1.807) is 23.3 Å². The first kappa shape index (κ1) is 22.5. The predicted octanol–water partition coefficient (Wildman–Crippen LogP) is 2.32. The molecule has 2 aromatic heterocycles. The molecule has 1 aliphatic heterocycles. The van der Waals surface area contributed by atoms with Gasteiger partial charge in [-0.3, -0.25) is 24.3 Å². The average Bonchev–Trinajstić information content (AvgIpc) is 3.45. The van der Waals surface area contributed by atoms with Crippen LogP contribution in [0, 0.1) is 10.1 Å². The number of rotatable bonds is 9. The number of non-ortho nitro benzene ring substituents is 1. The van der Waals surface area contributed by atoms with Crippen LogP contribution in [0.15, 0.2) is 46.2 Å². The van der Waals surface area contributed by atoms with Crippen LogP contribution in [-0.4, -0.2) is 43.8 Å². The number of furan rings is 1. The molecule has 172 valence electrons. The van der Waals surface area contributed by atoms with Crippen LogP contribution < -0.4 is 10.6 Å². The van der Waals surface area contributed by atoms with Crippen molar-refractivity contribution in [1.82, 2.24) is 14.8 Å². The Morgan fingerprint density at radius 2 is 2.12 bits per heavy atom. The van der Waals surface area contributed by atoms with Gasteiger partial charge in [0.15, 0.2) is 5.16 Å². The zero-order valence-corrected chi connectivity index (χ0v) is 18.5. The molecule has 0 bridgehead atoms. The summed E-state index contributed by atoms with van der Waals surface area (Å²) in [5.74, 6) is 0.824. The van der Waals surface area contributed by atoms with Crippen LogP contribution in [-0.2, 0) is 29.0 Å². The van der Waals surface area contributed by atoms with Gasteiger partial charge in [-0.25, -0.2) is 0 Å². The second-order valence-corrected chi connectivity index (χ2v) is 8.48. The summed E-state index contributed by atoms with van der Waals surface area (Å²) in [6, 6.07) is 8.19. The summed E-state index contributed by atoms with van der Waals surface area (Å²) in [6.45, 7) is 0.911. The Balaban J connectivity index is 1.49. The number of primary amides is 1. The predicted molar refractivity (Wildman–Crippen MR) is 120 cm³/mol. The first-order valence-electron chi connectivity index (χ1n) is 10.4. The molecule has 12 heteroatoms. The van der Waals surface area contributed by atoms with E-state index in [-0.39, 0.29) is 23.8 Å². The van der Waals surface area contributed by atoms with Gasteiger partial charge in [-0.2, -0.15) is 0 Å². The Morgan fingerprint density at radius 3 is 2.85 bits per heavy atom. The van der Waals surface area contributed by atoms with Crippen molar-refractivity contribution in [3.05, 3.63) is 63.9 Å². The summed E-state index contributed by atoms with van der Waals surface area (Å²) in [7, 11) is 0. The fourth-order valence-corrected chi connectivity index (χ4v) is 4.56. The van der Waals surface area contributed by atoms with E-state index < -0.39 is 10.8 Å². The van der Waals surface area contributed by atoms with Gasteiger partial charge in [0, 0.05) is 37.2 Å². The molecule has 3 aromatic rings. The summed E-state index contributed by atoms with van der Waals surface area (Å²) in [4.78, 5) is 36.5. The number of hydrogen-bond donors (Lipinski definition) is 1. The number of nitrogens with two attached hydrogens (primary N) is 1. The molecule has 2 amide bonds. The van der Waals surface area contributed by atoms with Gasteiger partial charge >= 0.3 is 0 Å². The molecule has 11 nitrogen and oxygen atoms in total. The quantitative estimate of drug-likeness (QED) is 0.284. The van der Waals surface area contributed by atoms with Crippen molar-refractivity contribution in [2.45, 2.75) is 37.4 Å². The summed E-state index contributed by atoms with van der Waals surface area (Å²) in [6.07, 6.45) is 3.45. The number of nitro groups is 1. The maximum absolute atomic E-state index is 13.0. The molecule has 0 saturated heterocycles. The highest BCUT2D eigenvalue weighted by atomic mass is 32.2. The third-order valence-electron chi connectivity index (χ3n) is 5.30. The van der Waals surface area contributed by atoms with Gasteiger partial charge in [-0.15, -0.1) is 10.2 Å². The standard InChI is InChI=1S/C21H22N6O5S/c22-18(28)7-8-19-23-24-21(26(19)12-16-4-2-10-32-16)33-13-20(29)25-9-1-3-14-11-15(27(30)31)5-6-17(14)25/h2,4-6,10-11H,1,3,7-9,12-13H2,(H2,22,28). The van der Waals surface area contributed by atoms with Crippen molar-refractivity contribution < 1.29 is 18.9 Å². The van der Waals surface area contributed by atoms with E-state index in [9.17, 15) is 19.7 Å². The van der Waals surface area contributed by atoms with Gasteiger partial charge in [-0.05, 0) is 36.6 Å². The SMILES string of the molecule is NC(=O)CCc1nnc(SCC(=O)N2CCCc3cc([N+](=O)[O-])ccc32)n1Cc1ccco1. The van der Waals surface area contributed by atoms with Gasteiger partial charge in [0.2, 0.25) is 11.8 Å². The molecule has 0 aliphatic carbocycles. The molecule has 1 aliphatic rings. The summed E-state index contributed by atoms with van der Waals surface area (Å²) in [5.41, 5.74) is 6.79. The highest BCUT2D eigenvalue weighted by Crippen LogP contribution is 2.31. The highest BCUT2D eigenvalue weighted by Gasteiger charge is 2.25. The normalized spacial score (nSPS) is 13.0. The first-order valence-corrected chi connectivity index (χ1v) is 11.3. The van der Waals surface area contributed by atoms with Crippen molar-refractivity contribution in [3.8, 4) is 0 Å². The van der Waals surface area contributed by atoms with E-state index in [1.807, 2.05) is 10.6 Å². The minimum Gasteiger partial charge on any atom is -0.467 e. The fraction of sp³-hybridized carbons (Fsp3) is 0.333. The maximum atomic E-state index is 13.0. The third kappa shape index (κ3) is 5.22. The van der Waals surface area contributed by atoms with Gasteiger partial charge in [0.25, 0.3) is 5.69 Å². The van der Waals surface area contributed by atoms with Crippen LogP contribution in [0.2, 0.25) is 0 Å². The summed E-state index contributed by atoms with van der Waals surface area (Å²) in [5, 5.41) is 20.0. The topological polar surface area (TPSA) is 150 Å². The van der Waals surface area contributed by atoms with Gasteiger partial charge in [-0.1, -0.05) is 11.8 Å². The van der Waals surface area contributed by atoms with E-state index in [2.05, 4.69) is 10.2 Å². The molecule has 3 heterocycles. The first-order chi connectivity index (χ1) is 15.9. The molecule has 0 spiro atoms. The lowest BCUT2D eigenvalue weighted by atomic mass is 10.0. The average molecular weight is 471 g/mol. The smallest absolute Gasteiger partial charge is 0.269 e. The van der Waals surface area contributed by atoms with Crippen LogP contribution in [0.25, 0.3) is 0 Å². The Labute approximate surface area is 193 Å². The zero-order chi connectivity index (χ0) is 23.4. The van der Waals surface area contributed by atoms with Crippen molar-refractivity contribution in [2.75, 3.05) is 17.2 Å². The van der Waals surface area contributed by atoms with E-state index >= 15 is 0 Å². The van der Waals surface area contributed by atoms with E-state index in [0.717, 1.165) is 12.0 Å². The number of carbonyl (C=O) groups excluding carboxylic acids is 2. The molecular weight excluding hydrogens is 448 g/mol. The van der Waals surface area contributed by atoms with Gasteiger partial charge in [0.05, 0.1) is 23.5 Å². The summed E-state index contributed by atoms with van der Waals surface area (Å²) >= 11 is 1.24. The van der Waals surface area contributed by atoms with Crippen molar-refractivity contribution in [2.24, 2.45) is 5.73 Å². The number of nitro benzene ring substituents is 1. The van der Waals surface area contributed by atoms with E-state index in [4.69, 9.17) is 10.2 Å². The Morgan fingerprint density at radius 1 is 1.27 bits per heavy atom. The molecule has 0 radical (unpaired) electrons. The molecule has 0 saturated carbocycles. The molecular formula is C21H22N6O5S. The van der Waals surface area contributed by atoms with E-state index in [1.165, 1.54) is 23.9 Å². The number of anilines is 1. The lowest BCUT2D eigenvalue weighted by Gasteiger charge is -2.29. The van der Waals surface area contributed by atoms with Crippen LogP contribution in [0.3, 0.4) is 0 Å². The molecule has 33 heavy (non-hydrogen) atoms. The Hall–Kier alpha value is -3.67. The molecule has 0 unspecified atom stereocenters. The van der Waals surface area contributed by atoms with Crippen molar-refractivity contribution >= 4 is 35.0 Å². The fourth-order valence-electron chi connectivity index (χ4n) is 3.72. The number of benzene rings is 1. The lowest BCUT2D eigenvalue weighted by Crippen LogP contribution is -2.36. The maximum Gasteiger partial charge on any atom is 0.269 e. The molecule has 2 N–H and O–H groups in total. The van der Waals surface area contributed by atoms with Crippen LogP contribution in [0.4, 0.5) is 11.4 Å². The van der Waals surface area contributed by atoms with Crippen LogP contribution >= 0.6 is 11.8 Å². The monoisotopic (exact) mass is 470 g/mol. The minimum absolute atomic E-state index is 0.0203. The highest BCUT2D eigenvalue weighted by molar-refractivity contribution is 7.99. The number of aryl methyl sites for hydroxylation is 2. The third-order valence-corrected chi connectivity index (χ3v) is 6.25. The Bertz CT molecular complexity index is 1180. The number of nitrogens with zero attached hydrogens (tertiary/aromatic N) is 5. The second-order valence-electron chi connectivity index (χ2n) is 7.54. The molecule has 1 aromatic carbocycles. The number of carbonyl (C=O) groups is 2. The minimum atomic E-state index is -0.434. The molecule has 4 rings (SSSR count). The number of aromatic nitrogens is 3. The van der Waals surface area contributed by atoms with Crippen molar-refractivity contribution in [3.63, 3.8) is 0 Å². The molecule has 0 atom stereocenters. The number of thioether (sulfide) groups is 1. The van der Waals surface area contributed by atoms with Gasteiger partial charge < -0.3 is 15.1 Å². The zero-order valence-electron chi connectivity index (χ0n) is 17.7. The van der Waals surface area contributed by atoms with E-state index in [0.29, 0.717) is 48.4 Å². The summed E-state index contributed by atoms with van der Waals surface area (Å²) < 4.78 is 7.24. The lowest BCUT2D eigenvalue weighted by molar-refractivity contribution is -0.384.